The third kappa shape index (κ3) is 4.45. The van der Waals surface area contributed by atoms with E-state index in [1.807, 2.05) is 31.0 Å². The van der Waals surface area contributed by atoms with Crippen LogP contribution in [0.3, 0.4) is 0 Å². The van der Waals surface area contributed by atoms with Crippen LogP contribution in [0.2, 0.25) is 0 Å². The second kappa shape index (κ2) is 8.56. The largest absolute Gasteiger partial charge is 0.493 e. The highest BCUT2D eigenvalue weighted by Gasteiger charge is 2.15. The smallest absolute Gasteiger partial charge is 0.203 e. The minimum absolute atomic E-state index is 0.349. The van der Waals surface area contributed by atoms with Crippen molar-refractivity contribution in [3.63, 3.8) is 0 Å². The minimum Gasteiger partial charge on any atom is -0.493 e. The fourth-order valence-electron chi connectivity index (χ4n) is 2.68. The summed E-state index contributed by atoms with van der Waals surface area (Å²) in [7, 11) is 6.57. The van der Waals surface area contributed by atoms with Crippen molar-refractivity contribution < 1.29 is 23.0 Å². The number of halogens is 2. The van der Waals surface area contributed by atoms with Crippen LogP contribution in [0.4, 0.5) is 14.5 Å². The van der Waals surface area contributed by atoms with E-state index in [4.69, 9.17) is 14.2 Å². The molecule has 0 saturated carbocycles. The molecular formula is C20H23F2NO3. The van der Waals surface area contributed by atoms with E-state index in [9.17, 15) is 8.78 Å². The van der Waals surface area contributed by atoms with Gasteiger partial charge in [-0.1, -0.05) is 11.6 Å². The van der Waals surface area contributed by atoms with Crippen LogP contribution in [0.5, 0.6) is 17.2 Å². The van der Waals surface area contributed by atoms with Gasteiger partial charge in [-0.25, -0.2) is 8.78 Å². The maximum Gasteiger partial charge on any atom is 0.203 e. The second-order valence-corrected chi connectivity index (χ2v) is 5.90. The number of methoxy groups -OCH3 is 3. The summed E-state index contributed by atoms with van der Waals surface area (Å²) in [6.07, 6.45) is 1.70. The molecule has 0 amide bonds. The molecule has 0 heterocycles. The molecular weight excluding hydrogens is 340 g/mol. The number of anilines is 1. The topological polar surface area (TPSA) is 30.9 Å². The Morgan fingerprint density at radius 1 is 1.00 bits per heavy atom. The summed E-state index contributed by atoms with van der Waals surface area (Å²) in [5.41, 5.74) is 2.11. The first-order chi connectivity index (χ1) is 12.4. The van der Waals surface area contributed by atoms with Crippen LogP contribution in [0.15, 0.2) is 35.9 Å². The van der Waals surface area contributed by atoms with E-state index in [0.29, 0.717) is 29.4 Å². The van der Waals surface area contributed by atoms with Crippen molar-refractivity contribution in [1.82, 2.24) is 0 Å². The standard InChI is InChI=1S/C20H23F2NO3/c1-13(8-14-6-7-15(21)9-17(14)22)12-23(2)16-10-18(24-3)20(26-5)19(11-16)25-4/h6-11H,12H2,1-5H3/b13-8+. The molecule has 0 aliphatic heterocycles. The van der Waals surface area contributed by atoms with Gasteiger partial charge in [-0.2, -0.15) is 0 Å². The van der Waals surface area contributed by atoms with Gasteiger partial charge in [0.2, 0.25) is 5.75 Å². The molecule has 0 atom stereocenters. The van der Waals surface area contributed by atoms with Gasteiger partial charge in [0, 0.05) is 43.0 Å². The summed E-state index contributed by atoms with van der Waals surface area (Å²) in [4.78, 5) is 1.97. The van der Waals surface area contributed by atoms with E-state index in [2.05, 4.69) is 0 Å². The summed E-state index contributed by atoms with van der Waals surface area (Å²) < 4.78 is 42.9. The third-order valence-corrected chi connectivity index (χ3v) is 3.94. The Balaban J connectivity index is 2.26. The van der Waals surface area contributed by atoms with Gasteiger partial charge in [-0.3, -0.25) is 0 Å². The molecule has 0 bridgehead atoms. The summed E-state index contributed by atoms with van der Waals surface area (Å²) in [5, 5.41) is 0. The van der Waals surface area contributed by atoms with Crippen molar-refractivity contribution in [3.05, 3.63) is 53.1 Å². The highest BCUT2D eigenvalue weighted by molar-refractivity contribution is 5.64. The molecule has 2 aromatic rings. The van der Waals surface area contributed by atoms with E-state index in [1.54, 1.807) is 27.4 Å². The van der Waals surface area contributed by atoms with Crippen LogP contribution in [0.1, 0.15) is 12.5 Å². The molecule has 0 saturated heterocycles. The molecule has 0 unspecified atom stereocenters. The molecule has 26 heavy (non-hydrogen) atoms. The zero-order valence-electron chi connectivity index (χ0n) is 15.6. The van der Waals surface area contributed by atoms with Gasteiger partial charge in [-0.15, -0.1) is 0 Å². The first-order valence-electron chi connectivity index (χ1n) is 8.03. The quantitative estimate of drug-likeness (QED) is 0.723. The fraction of sp³-hybridized carbons (Fsp3) is 0.300. The molecule has 0 N–H and O–H groups in total. The second-order valence-electron chi connectivity index (χ2n) is 5.90. The van der Waals surface area contributed by atoms with Crippen molar-refractivity contribution in [2.75, 3.05) is 39.8 Å². The number of nitrogens with zero attached hydrogens (tertiary/aromatic N) is 1. The normalized spacial score (nSPS) is 11.3. The number of ether oxygens (including phenoxy) is 3. The van der Waals surface area contributed by atoms with E-state index >= 15 is 0 Å². The molecule has 0 spiro atoms. The monoisotopic (exact) mass is 363 g/mol. The molecule has 2 aromatic carbocycles. The number of rotatable bonds is 7. The molecule has 0 fully saturated rings. The van der Waals surface area contributed by atoms with E-state index in [0.717, 1.165) is 17.3 Å². The summed E-state index contributed by atoms with van der Waals surface area (Å²) in [5.74, 6) is 0.458. The van der Waals surface area contributed by atoms with Crippen molar-refractivity contribution in [3.8, 4) is 17.2 Å². The molecule has 6 heteroatoms. The van der Waals surface area contributed by atoms with Crippen molar-refractivity contribution in [2.24, 2.45) is 0 Å². The predicted octanol–water partition coefficient (Wildman–Crippen LogP) is 4.53. The zero-order chi connectivity index (χ0) is 19.3. The predicted molar refractivity (Wildman–Crippen MR) is 99.4 cm³/mol. The van der Waals surface area contributed by atoms with Gasteiger partial charge < -0.3 is 19.1 Å². The average molecular weight is 363 g/mol. The van der Waals surface area contributed by atoms with Crippen LogP contribution >= 0.6 is 0 Å². The summed E-state index contributed by atoms with van der Waals surface area (Å²) in [6, 6.07) is 7.22. The van der Waals surface area contributed by atoms with Crippen LogP contribution < -0.4 is 19.1 Å². The highest BCUT2D eigenvalue weighted by Crippen LogP contribution is 2.40. The number of likely N-dealkylation sites (N-methyl/N-ethyl adjacent to an activating group) is 1. The SMILES string of the molecule is COc1cc(N(C)C/C(C)=C/c2ccc(F)cc2F)cc(OC)c1OC. The van der Waals surface area contributed by atoms with Crippen molar-refractivity contribution in [2.45, 2.75) is 6.92 Å². The van der Waals surface area contributed by atoms with Gasteiger partial charge in [0.05, 0.1) is 21.3 Å². The molecule has 0 aliphatic rings. The van der Waals surface area contributed by atoms with Crippen LogP contribution in [0, 0.1) is 11.6 Å². The van der Waals surface area contributed by atoms with E-state index in [-0.39, 0.29) is 0 Å². The molecule has 2 rings (SSSR count). The van der Waals surface area contributed by atoms with Crippen LogP contribution in [-0.2, 0) is 0 Å². The Morgan fingerprint density at radius 2 is 1.62 bits per heavy atom. The molecule has 140 valence electrons. The Morgan fingerprint density at radius 3 is 2.12 bits per heavy atom. The lowest BCUT2D eigenvalue weighted by Gasteiger charge is -2.22. The number of benzene rings is 2. The first kappa shape index (κ1) is 19.6. The minimum atomic E-state index is -0.591. The number of hydrogen-bond acceptors (Lipinski definition) is 4. The highest BCUT2D eigenvalue weighted by atomic mass is 19.1. The first-order valence-corrected chi connectivity index (χ1v) is 8.03. The Hall–Kier alpha value is -2.76. The van der Waals surface area contributed by atoms with Crippen molar-refractivity contribution >= 4 is 11.8 Å². The zero-order valence-corrected chi connectivity index (χ0v) is 15.6. The summed E-state index contributed by atoms with van der Waals surface area (Å²) in [6.45, 7) is 2.42. The Kier molecular flexibility index (Phi) is 6.44. The van der Waals surface area contributed by atoms with Gasteiger partial charge in [0.15, 0.2) is 11.5 Å². The lowest BCUT2D eigenvalue weighted by molar-refractivity contribution is 0.324. The number of hydrogen-bond donors (Lipinski definition) is 0. The molecule has 0 radical (unpaired) electrons. The van der Waals surface area contributed by atoms with Gasteiger partial charge in [0.1, 0.15) is 11.6 Å². The molecule has 4 nitrogen and oxygen atoms in total. The lowest BCUT2D eigenvalue weighted by atomic mass is 10.1. The Bertz CT molecular complexity index is 781. The average Bonchev–Trinajstić information content (AvgIpc) is 2.62. The molecule has 0 aliphatic carbocycles. The summed E-state index contributed by atoms with van der Waals surface area (Å²) >= 11 is 0. The fourth-order valence-corrected chi connectivity index (χ4v) is 2.68. The maximum absolute atomic E-state index is 13.8. The van der Waals surface area contributed by atoms with E-state index < -0.39 is 11.6 Å². The molecule has 0 aromatic heterocycles. The Labute approximate surface area is 152 Å². The van der Waals surface area contributed by atoms with Crippen LogP contribution in [0.25, 0.3) is 6.08 Å². The van der Waals surface area contributed by atoms with Gasteiger partial charge in [-0.05, 0) is 19.1 Å². The third-order valence-electron chi connectivity index (χ3n) is 3.94. The maximum atomic E-state index is 13.8. The van der Waals surface area contributed by atoms with Gasteiger partial charge in [0.25, 0.3) is 0 Å². The lowest BCUT2D eigenvalue weighted by Crippen LogP contribution is -2.19. The van der Waals surface area contributed by atoms with Crippen LogP contribution in [-0.4, -0.2) is 34.9 Å². The van der Waals surface area contributed by atoms with Crippen molar-refractivity contribution in [1.29, 1.82) is 0 Å². The van der Waals surface area contributed by atoms with E-state index in [1.165, 1.54) is 12.1 Å². The van der Waals surface area contributed by atoms with Gasteiger partial charge >= 0.3 is 0 Å².